The standard InChI is InChI=1S/C9H18N6O5/c1-18-9(19-2,20-3)15-8-13-6(10-4-16)12-7(14-8)11-5-17/h16-17H,4-5H2,1-3H3,(H3,10,11,12,13,14,15). The highest BCUT2D eigenvalue weighted by Crippen LogP contribution is 2.17. The van der Waals surface area contributed by atoms with Crippen molar-refractivity contribution in [3.63, 3.8) is 0 Å². The maximum Gasteiger partial charge on any atom is 0.376 e. The third-order valence-electron chi connectivity index (χ3n) is 2.18. The summed E-state index contributed by atoms with van der Waals surface area (Å²) < 4.78 is 15.1. The third kappa shape index (κ3) is 4.11. The number of methoxy groups -OCH3 is 3. The fourth-order valence-corrected chi connectivity index (χ4v) is 1.27. The molecule has 0 bridgehead atoms. The number of aromatic nitrogens is 3. The molecule has 5 N–H and O–H groups in total. The molecule has 1 aromatic heterocycles. The van der Waals surface area contributed by atoms with E-state index in [0.717, 1.165) is 0 Å². The Kier molecular flexibility index (Phi) is 6.27. The first-order chi connectivity index (χ1) is 9.62. The second-order valence-electron chi connectivity index (χ2n) is 3.27. The number of hydrogen-bond donors (Lipinski definition) is 5. The van der Waals surface area contributed by atoms with Crippen LogP contribution in [0.1, 0.15) is 0 Å². The summed E-state index contributed by atoms with van der Waals surface area (Å²) in [6.07, 6.45) is -1.58. The zero-order valence-electron chi connectivity index (χ0n) is 11.4. The van der Waals surface area contributed by atoms with E-state index in [1.807, 2.05) is 0 Å². The van der Waals surface area contributed by atoms with Gasteiger partial charge in [0.15, 0.2) is 0 Å². The van der Waals surface area contributed by atoms with Crippen LogP contribution in [-0.4, -0.2) is 66.1 Å². The Bertz CT molecular complexity index is 383. The SMILES string of the molecule is COC(Nc1nc(NCO)nc(NCO)n1)(OC)OC. The quantitative estimate of drug-likeness (QED) is 0.341. The van der Waals surface area contributed by atoms with Crippen molar-refractivity contribution in [2.24, 2.45) is 0 Å². The molecule has 0 radical (unpaired) electrons. The van der Waals surface area contributed by atoms with Gasteiger partial charge in [0.2, 0.25) is 17.8 Å². The van der Waals surface area contributed by atoms with E-state index in [9.17, 15) is 0 Å². The van der Waals surface area contributed by atoms with Crippen LogP contribution in [0.2, 0.25) is 0 Å². The summed E-state index contributed by atoms with van der Waals surface area (Å²) in [5.74, 6) is 0.203. The average molecular weight is 290 g/mol. The number of aliphatic hydroxyl groups excluding tert-OH is 2. The van der Waals surface area contributed by atoms with E-state index in [2.05, 4.69) is 30.9 Å². The van der Waals surface area contributed by atoms with Gasteiger partial charge in [0, 0.05) is 21.3 Å². The van der Waals surface area contributed by atoms with Crippen molar-refractivity contribution in [1.82, 2.24) is 15.0 Å². The van der Waals surface area contributed by atoms with Gasteiger partial charge in [-0.15, -0.1) is 0 Å². The minimum Gasteiger partial charge on any atom is -0.376 e. The normalized spacial score (nSPS) is 11.2. The summed E-state index contributed by atoms with van der Waals surface area (Å²) in [5, 5.41) is 25.3. The van der Waals surface area contributed by atoms with Gasteiger partial charge < -0.3 is 35.1 Å². The van der Waals surface area contributed by atoms with Crippen LogP contribution in [-0.2, 0) is 14.2 Å². The maximum absolute atomic E-state index is 8.83. The first-order valence-electron chi connectivity index (χ1n) is 5.52. The molecule has 11 nitrogen and oxygen atoms in total. The predicted octanol–water partition coefficient (Wildman–Crippen LogP) is -1.44. The Morgan fingerprint density at radius 2 is 1.25 bits per heavy atom. The molecule has 1 aromatic rings. The predicted molar refractivity (Wildman–Crippen MR) is 68.6 cm³/mol. The molecule has 0 unspecified atom stereocenters. The van der Waals surface area contributed by atoms with Gasteiger partial charge in [-0.05, 0) is 0 Å². The van der Waals surface area contributed by atoms with Gasteiger partial charge in [0.1, 0.15) is 13.5 Å². The van der Waals surface area contributed by atoms with E-state index in [-0.39, 0.29) is 31.3 Å². The van der Waals surface area contributed by atoms with Crippen molar-refractivity contribution in [2.45, 2.75) is 6.10 Å². The van der Waals surface area contributed by atoms with Crippen LogP contribution >= 0.6 is 0 Å². The Labute approximate surface area is 115 Å². The molecule has 0 saturated carbocycles. The van der Waals surface area contributed by atoms with Crippen LogP contribution in [0.5, 0.6) is 0 Å². The minimum absolute atomic E-state index is 0.0393. The van der Waals surface area contributed by atoms with Gasteiger partial charge in [0.05, 0.1) is 0 Å². The topological polar surface area (TPSA) is 143 Å². The minimum atomic E-state index is -1.58. The van der Waals surface area contributed by atoms with Gasteiger partial charge in [-0.25, -0.2) is 0 Å². The zero-order chi connectivity index (χ0) is 15.0. The van der Waals surface area contributed by atoms with Crippen molar-refractivity contribution >= 4 is 17.8 Å². The molecule has 114 valence electrons. The lowest BCUT2D eigenvalue weighted by atomic mass is 10.7. The maximum atomic E-state index is 8.83. The molecule has 0 amide bonds. The molecule has 0 saturated heterocycles. The van der Waals surface area contributed by atoms with Gasteiger partial charge >= 0.3 is 6.10 Å². The summed E-state index contributed by atoms with van der Waals surface area (Å²) in [7, 11) is 4.09. The number of aliphatic hydroxyl groups is 2. The van der Waals surface area contributed by atoms with Gasteiger partial charge in [-0.3, -0.25) is 5.32 Å². The highest BCUT2D eigenvalue weighted by molar-refractivity contribution is 5.42. The van der Waals surface area contributed by atoms with Gasteiger partial charge in [-0.1, -0.05) is 0 Å². The highest BCUT2D eigenvalue weighted by Gasteiger charge is 2.31. The molecular formula is C9H18N6O5. The first kappa shape index (κ1) is 16.3. The van der Waals surface area contributed by atoms with Crippen LogP contribution in [0.15, 0.2) is 0 Å². The summed E-state index contributed by atoms with van der Waals surface area (Å²) in [6.45, 7) is -0.738. The van der Waals surface area contributed by atoms with Gasteiger partial charge in [-0.2, -0.15) is 15.0 Å². The second kappa shape index (κ2) is 7.72. The molecule has 20 heavy (non-hydrogen) atoms. The molecule has 0 aliphatic heterocycles. The fourth-order valence-electron chi connectivity index (χ4n) is 1.27. The number of rotatable bonds is 9. The molecule has 0 aliphatic rings. The zero-order valence-corrected chi connectivity index (χ0v) is 11.4. The number of nitrogens with zero attached hydrogens (tertiary/aromatic N) is 3. The van der Waals surface area contributed by atoms with E-state index in [0.29, 0.717) is 0 Å². The summed E-state index contributed by atoms with van der Waals surface area (Å²) in [6, 6.07) is 0. The highest BCUT2D eigenvalue weighted by atomic mass is 16.9. The number of hydrogen-bond acceptors (Lipinski definition) is 11. The molecule has 0 fully saturated rings. The van der Waals surface area contributed by atoms with Crippen LogP contribution in [0, 0.1) is 0 Å². The van der Waals surface area contributed by atoms with E-state index in [4.69, 9.17) is 24.4 Å². The van der Waals surface area contributed by atoms with E-state index >= 15 is 0 Å². The second-order valence-corrected chi connectivity index (χ2v) is 3.27. The van der Waals surface area contributed by atoms with Crippen LogP contribution in [0.3, 0.4) is 0 Å². The summed E-state index contributed by atoms with van der Waals surface area (Å²) in [4.78, 5) is 11.8. The Hall–Kier alpha value is -1.79. The van der Waals surface area contributed by atoms with Gasteiger partial charge in [0.25, 0.3) is 0 Å². The summed E-state index contributed by atoms with van der Waals surface area (Å²) in [5.41, 5.74) is 0. The fraction of sp³-hybridized carbons (Fsp3) is 0.667. The monoisotopic (exact) mass is 290 g/mol. The Morgan fingerprint density at radius 1 is 0.850 bits per heavy atom. The van der Waals surface area contributed by atoms with Crippen molar-refractivity contribution in [1.29, 1.82) is 0 Å². The third-order valence-corrected chi connectivity index (χ3v) is 2.18. The van der Waals surface area contributed by atoms with Crippen LogP contribution < -0.4 is 16.0 Å². The molecule has 1 heterocycles. The van der Waals surface area contributed by atoms with Crippen LogP contribution in [0.4, 0.5) is 17.8 Å². The van der Waals surface area contributed by atoms with Crippen molar-refractivity contribution in [3.05, 3.63) is 0 Å². The molecule has 0 atom stereocenters. The molecule has 1 rings (SSSR count). The molecule has 11 heteroatoms. The molecule has 0 spiro atoms. The van der Waals surface area contributed by atoms with E-state index in [1.54, 1.807) is 0 Å². The smallest absolute Gasteiger partial charge is 0.376 e. The summed E-state index contributed by atoms with van der Waals surface area (Å²) >= 11 is 0. The lowest BCUT2D eigenvalue weighted by molar-refractivity contribution is -0.333. The molecular weight excluding hydrogens is 272 g/mol. The number of ether oxygens (including phenoxy) is 3. The number of anilines is 3. The Morgan fingerprint density at radius 3 is 1.60 bits per heavy atom. The lowest BCUT2D eigenvalue weighted by Crippen LogP contribution is -2.44. The van der Waals surface area contributed by atoms with Crippen molar-refractivity contribution in [2.75, 3.05) is 50.7 Å². The van der Waals surface area contributed by atoms with Crippen LogP contribution in [0.25, 0.3) is 0 Å². The molecule has 0 aliphatic carbocycles. The average Bonchev–Trinajstić information content (AvgIpc) is 2.45. The van der Waals surface area contributed by atoms with E-state index in [1.165, 1.54) is 21.3 Å². The number of nitrogens with one attached hydrogen (secondary N) is 3. The lowest BCUT2D eigenvalue weighted by Gasteiger charge is -2.28. The van der Waals surface area contributed by atoms with Crippen molar-refractivity contribution in [3.8, 4) is 0 Å². The van der Waals surface area contributed by atoms with Crippen molar-refractivity contribution < 1.29 is 24.4 Å². The largest absolute Gasteiger partial charge is 0.376 e. The Balaban J connectivity index is 3.02. The van der Waals surface area contributed by atoms with E-state index < -0.39 is 6.10 Å². The first-order valence-corrected chi connectivity index (χ1v) is 5.52. The molecule has 0 aromatic carbocycles.